The second-order valence-electron chi connectivity index (χ2n) is 9.01. The molecule has 0 aliphatic carbocycles. The van der Waals surface area contributed by atoms with E-state index in [0.29, 0.717) is 34.6 Å². The number of benzene rings is 4. The van der Waals surface area contributed by atoms with Crippen molar-refractivity contribution in [3.63, 3.8) is 0 Å². The molecular weight excluding hydrogens is 559 g/mol. The number of carbonyl (C=O) groups is 1. The van der Waals surface area contributed by atoms with Gasteiger partial charge in [-0.1, -0.05) is 53.5 Å². The SMILES string of the molecule is Cc1ccccc1OC1CN(C(=O)c2cc(Cl)ccc2NS(=O)(=O)c2ccc(Oc3ccccc3Cl)cc2)C1. The summed E-state index contributed by atoms with van der Waals surface area (Å²) in [6, 6.07) is 25.0. The molecule has 5 rings (SSSR count). The molecule has 1 aliphatic rings. The lowest BCUT2D eigenvalue weighted by Gasteiger charge is -2.39. The molecule has 1 fully saturated rings. The second-order valence-corrected chi connectivity index (χ2v) is 11.5. The number of aryl methyl sites for hydroxylation is 1. The van der Waals surface area contributed by atoms with Gasteiger partial charge in [0.2, 0.25) is 0 Å². The molecule has 1 heterocycles. The Kier molecular flexibility index (Phi) is 7.70. The van der Waals surface area contributed by atoms with Crippen molar-refractivity contribution in [1.29, 1.82) is 0 Å². The number of anilines is 1. The Bertz CT molecular complexity index is 1620. The number of nitrogens with zero attached hydrogens (tertiary/aromatic N) is 1. The normalized spacial score (nSPS) is 13.5. The summed E-state index contributed by atoms with van der Waals surface area (Å²) in [5.41, 5.74) is 1.29. The molecule has 0 spiro atoms. The van der Waals surface area contributed by atoms with Crippen LogP contribution in [0.2, 0.25) is 10.0 Å². The standard InChI is InChI=1S/C29H24Cl2N2O5S/c1-19-6-2-4-8-27(19)38-22-17-33(18-22)29(34)24-16-20(30)10-15-26(24)32-39(35,36)23-13-11-21(12-14-23)37-28-9-5-3-7-25(28)31/h2-16,22,32H,17-18H2,1H3. The van der Waals surface area contributed by atoms with E-state index in [-0.39, 0.29) is 28.2 Å². The maximum atomic E-state index is 13.3. The molecule has 0 aromatic heterocycles. The van der Waals surface area contributed by atoms with Crippen LogP contribution in [0.25, 0.3) is 0 Å². The van der Waals surface area contributed by atoms with Crippen molar-refractivity contribution < 1.29 is 22.7 Å². The molecule has 1 saturated heterocycles. The summed E-state index contributed by atoms with van der Waals surface area (Å²) in [6.07, 6.45) is -0.152. The Hall–Kier alpha value is -3.72. The maximum absolute atomic E-state index is 13.3. The maximum Gasteiger partial charge on any atom is 0.261 e. The van der Waals surface area contributed by atoms with Crippen molar-refractivity contribution in [1.82, 2.24) is 4.90 Å². The first-order chi connectivity index (χ1) is 18.7. The molecule has 0 unspecified atom stereocenters. The minimum Gasteiger partial charge on any atom is -0.486 e. The van der Waals surface area contributed by atoms with Gasteiger partial charge in [-0.15, -0.1) is 0 Å². The number of halogens is 2. The fourth-order valence-corrected chi connectivity index (χ4v) is 5.47. The van der Waals surface area contributed by atoms with Crippen LogP contribution in [0, 0.1) is 6.92 Å². The van der Waals surface area contributed by atoms with Crippen LogP contribution in [0.15, 0.2) is 95.9 Å². The van der Waals surface area contributed by atoms with Gasteiger partial charge in [-0.25, -0.2) is 8.42 Å². The number of nitrogens with one attached hydrogen (secondary N) is 1. The van der Waals surface area contributed by atoms with E-state index < -0.39 is 10.0 Å². The zero-order valence-corrected chi connectivity index (χ0v) is 23.1. The van der Waals surface area contributed by atoms with Crippen LogP contribution in [0.5, 0.6) is 17.2 Å². The Morgan fingerprint density at radius 2 is 1.56 bits per heavy atom. The average Bonchev–Trinajstić information content (AvgIpc) is 2.89. The lowest BCUT2D eigenvalue weighted by molar-refractivity contribution is 0.0176. The summed E-state index contributed by atoms with van der Waals surface area (Å²) in [6.45, 7) is 2.71. The van der Waals surface area contributed by atoms with Crippen molar-refractivity contribution in [3.8, 4) is 17.2 Å². The molecule has 0 bridgehead atoms. The predicted molar refractivity (Wildman–Crippen MR) is 152 cm³/mol. The summed E-state index contributed by atoms with van der Waals surface area (Å²) in [7, 11) is -4.02. The third-order valence-corrected chi connectivity index (χ3v) is 8.11. The minimum absolute atomic E-state index is 0.00185. The summed E-state index contributed by atoms with van der Waals surface area (Å²) in [4.78, 5) is 14.9. The van der Waals surface area contributed by atoms with Crippen LogP contribution in [-0.4, -0.2) is 38.4 Å². The lowest BCUT2D eigenvalue weighted by Crippen LogP contribution is -2.56. The molecule has 4 aromatic carbocycles. The van der Waals surface area contributed by atoms with Gasteiger partial charge in [0.05, 0.1) is 34.3 Å². The quantitative estimate of drug-likeness (QED) is 0.247. The van der Waals surface area contributed by atoms with E-state index >= 15 is 0 Å². The number of hydrogen-bond donors (Lipinski definition) is 1. The number of likely N-dealkylation sites (tertiary alicyclic amines) is 1. The minimum atomic E-state index is -4.02. The summed E-state index contributed by atoms with van der Waals surface area (Å²) >= 11 is 12.3. The molecule has 0 radical (unpaired) electrons. The number of para-hydroxylation sites is 2. The molecule has 7 nitrogen and oxygen atoms in total. The summed E-state index contributed by atoms with van der Waals surface area (Å²) < 4.78 is 40.6. The first-order valence-electron chi connectivity index (χ1n) is 12.1. The number of hydrogen-bond acceptors (Lipinski definition) is 5. The molecule has 1 N–H and O–H groups in total. The van der Waals surface area contributed by atoms with Gasteiger partial charge in [0.15, 0.2) is 0 Å². The molecule has 10 heteroatoms. The molecule has 1 amide bonds. The van der Waals surface area contributed by atoms with E-state index in [9.17, 15) is 13.2 Å². The predicted octanol–water partition coefficient (Wildman–Crippen LogP) is 6.80. The highest BCUT2D eigenvalue weighted by atomic mass is 35.5. The van der Waals surface area contributed by atoms with Crippen LogP contribution in [0.4, 0.5) is 5.69 Å². The third kappa shape index (κ3) is 6.14. The molecule has 0 atom stereocenters. The highest BCUT2D eigenvalue weighted by Crippen LogP contribution is 2.31. The van der Waals surface area contributed by atoms with Crippen LogP contribution in [-0.2, 0) is 10.0 Å². The number of ether oxygens (including phenoxy) is 2. The van der Waals surface area contributed by atoms with Crippen LogP contribution in [0.3, 0.4) is 0 Å². The summed E-state index contributed by atoms with van der Waals surface area (Å²) in [5, 5.41) is 0.752. The van der Waals surface area contributed by atoms with Gasteiger partial charge in [-0.05, 0) is 73.2 Å². The van der Waals surface area contributed by atoms with E-state index in [1.165, 1.54) is 42.5 Å². The largest absolute Gasteiger partial charge is 0.486 e. The van der Waals surface area contributed by atoms with Gasteiger partial charge >= 0.3 is 0 Å². The highest BCUT2D eigenvalue weighted by molar-refractivity contribution is 7.92. The van der Waals surface area contributed by atoms with E-state index in [4.69, 9.17) is 32.7 Å². The smallest absolute Gasteiger partial charge is 0.261 e. The Balaban J connectivity index is 1.28. The fourth-order valence-electron chi connectivity index (χ4n) is 4.04. The average molecular weight is 583 g/mol. The van der Waals surface area contributed by atoms with Crippen LogP contribution >= 0.6 is 23.2 Å². The number of carbonyl (C=O) groups excluding carboxylic acids is 1. The molecule has 39 heavy (non-hydrogen) atoms. The first kappa shape index (κ1) is 26.9. The number of sulfonamides is 1. The van der Waals surface area contributed by atoms with Gasteiger partial charge < -0.3 is 14.4 Å². The summed E-state index contributed by atoms with van der Waals surface area (Å²) in [5.74, 6) is 1.30. The zero-order valence-electron chi connectivity index (χ0n) is 20.8. The Labute approximate surface area is 236 Å². The van der Waals surface area contributed by atoms with E-state index in [1.807, 2.05) is 31.2 Å². The highest BCUT2D eigenvalue weighted by Gasteiger charge is 2.34. The van der Waals surface area contributed by atoms with Crippen molar-refractivity contribution in [2.24, 2.45) is 0 Å². The lowest BCUT2D eigenvalue weighted by atomic mass is 10.1. The van der Waals surface area contributed by atoms with Crippen molar-refractivity contribution >= 4 is 44.8 Å². The second kappa shape index (κ2) is 11.2. The van der Waals surface area contributed by atoms with Crippen LogP contribution < -0.4 is 14.2 Å². The van der Waals surface area contributed by atoms with Gasteiger partial charge in [-0.2, -0.15) is 0 Å². The molecule has 200 valence electrons. The molecular formula is C29H24Cl2N2O5S. The topological polar surface area (TPSA) is 84.9 Å². The number of rotatable bonds is 8. The third-order valence-electron chi connectivity index (χ3n) is 6.18. The first-order valence-corrected chi connectivity index (χ1v) is 14.3. The number of amides is 1. The van der Waals surface area contributed by atoms with E-state index in [0.717, 1.165) is 11.3 Å². The molecule has 4 aromatic rings. The van der Waals surface area contributed by atoms with E-state index in [2.05, 4.69) is 4.72 Å². The Morgan fingerprint density at radius 3 is 2.26 bits per heavy atom. The van der Waals surface area contributed by atoms with Gasteiger partial charge in [0.25, 0.3) is 15.9 Å². The fraction of sp³-hybridized carbons (Fsp3) is 0.138. The van der Waals surface area contributed by atoms with Crippen LogP contribution in [0.1, 0.15) is 15.9 Å². The van der Waals surface area contributed by atoms with Gasteiger partial charge in [-0.3, -0.25) is 9.52 Å². The van der Waals surface area contributed by atoms with Crippen molar-refractivity contribution in [2.75, 3.05) is 17.8 Å². The van der Waals surface area contributed by atoms with Gasteiger partial charge in [0, 0.05) is 5.02 Å². The van der Waals surface area contributed by atoms with Crippen molar-refractivity contribution in [2.45, 2.75) is 17.9 Å². The van der Waals surface area contributed by atoms with Crippen molar-refractivity contribution in [3.05, 3.63) is 112 Å². The monoisotopic (exact) mass is 582 g/mol. The Morgan fingerprint density at radius 1 is 0.897 bits per heavy atom. The van der Waals surface area contributed by atoms with E-state index in [1.54, 1.807) is 29.2 Å². The zero-order chi connectivity index (χ0) is 27.6. The molecule has 0 saturated carbocycles. The molecule has 1 aliphatic heterocycles. The van der Waals surface area contributed by atoms with Gasteiger partial charge in [0.1, 0.15) is 23.4 Å².